The van der Waals surface area contributed by atoms with Crippen LogP contribution >= 0.6 is 0 Å². The topological polar surface area (TPSA) is 58.6 Å². The van der Waals surface area contributed by atoms with Gasteiger partial charge in [0.2, 0.25) is 0 Å². The number of ether oxygens (including phenoxy) is 2. The fourth-order valence-electron chi connectivity index (χ4n) is 1.64. The fourth-order valence-corrected chi connectivity index (χ4v) is 1.64. The van der Waals surface area contributed by atoms with Crippen molar-refractivity contribution >= 4 is 5.97 Å². The van der Waals surface area contributed by atoms with Gasteiger partial charge in [-0.15, -0.1) is 0 Å². The van der Waals surface area contributed by atoms with Crippen LogP contribution in [0.5, 0.6) is 11.5 Å². The third-order valence-corrected chi connectivity index (χ3v) is 2.65. The van der Waals surface area contributed by atoms with E-state index < -0.39 is 5.97 Å². The summed E-state index contributed by atoms with van der Waals surface area (Å²) < 4.78 is 10.8. The molecule has 0 spiro atoms. The van der Waals surface area contributed by atoms with Crippen molar-refractivity contribution in [3.63, 3.8) is 0 Å². The predicted molar refractivity (Wildman–Crippen MR) is 68.1 cm³/mol. The van der Waals surface area contributed by atoms with Crippen molar-refractivity contribution in [1.29, 1.82) is 0 Å². The zero-order valence-corrected chi connectivity index (χ0v) is 10.5. The molecular weight excluding hydrogens is 244 g/mol. The molecule has 0 aliphatic heterocycles. The van der Waals surface area contributed by atoms with Crippen LogP contribution in [0.1, 0.15) is 15.9 Å². The molecule has 0 atom stereocenters. The first-order valence-corrected chi connectivity index (χ1v) is 5.77. The summed E-state index contributed by atoms with van der Waals surface area (Å²) in [4.78, 5) is 10.6. The average Bonchev–Trinajstić information content (AvgIpc) is 2.45. The molecule has 0 saturated carbocycles. The molecule has 2 rings (SSSR count). The van der Waals surface area contributed by atoms with E-state index in [1.807, 2.05) is 24.3 Å². The van der Waals surface area contributed by atoms with E-state index in [4.69, 9.17) is 9.47 Å². The van der Waals surface area contributed by atoms with Gasteiger partial charge in [-0.3, -0.25) is 0 Å². The van der Waals surface area contributed by atoms with Gasteiger partial charge in [0.05, 0.1) is 13.1 Å². The second-order valence-corrected chi connectivity index (χ2v) is 3.92. The Kier molecular flexibility index (Phi) is 4.03. The van der Waals surface area contributed by atoms with Crippen molar-refractivity contribution in [1.82, 2.24) is 0 Å². The number of hydrogen-bond donors (Lipinski definition) is 0. The molecule has 0 amide bonds. The van der Waals surface area contributed by atoms with Crippen molar-refractivity contribution in [2.75, 3.05) is 7.11 Å². The Labute approximate surface area is 111 Å². The van der Waals surface area contributed by atoms with Crippen LogP contribution in [0.25, 0.3) is 0 Å². The van der Waals surface area contributed by atoms with E-state index in [0.717, 1.165) is 5.56 Å². The number of carbonyl (C=O) groups is 1. The highest BCUT2D eigenvalue weighted by Gasteiger charge is 2.03. The Balaban J connectivity index is 2.04. The van der Waals surface area contributed by atoms with Crippen LogP contribution in [0.3, 0.4) is 0 Å². The van der Waals surface area contributed by atoms with E-state index in [0.29, 0.717) is 18.1 Å². The van der Waals surface area contributed by atoms with Crippen molar-refractivity contribution in [3.05, 3.63) is 59.7 Å². The lowest BCUT2D eigenvalue weighted by Gasteiger charge is -2.10. The van der Waals surface area contributed by atoms with Crippen LogP contribution in [0.4, 0.5) is 0 Å². The van der Waals surface area contributed by atoms with Crippen molar-refractivity contribution < 1.29 is 19.4 Å². The third-order valence-electron chi connectivity index (χ3n) is 2.65. The molecule has 0 heterocycles. The summed E-state index contributed by atoms with van der Waals surface area (Å²) in [5.41, 5.74) is 1.02. The minimum absolute atomic E-state index is 0.154. The van der Waals surface area contributed by atoms with Crippen LogP contribution in [0.15, 0.2) is 48.5 Å². The van der Waals surface area contributed by atoms with E-state index in [9.17, 15) is 9.90 Å². The number of rotatable bonds is 5. The molecule has 2 aromatic carbocycles. The van der Waals surface area contributed by atoms with Crippen LogP contribution < -0.4 is 14.6 Å². The third kappa shape index (κ3) is 3.25. The summed E-state index contributed by atoms with van der Waals surface area (Å²) >= 11 is 0. The van der Waals surface area contributed by atoms with Gasteiger partial charge < -0.3 is 19.4 Å². The Hall–Kier alpha value is -2.49. The molecular formula is C15H13O4-. The number of methoxy groups -OCH3 is 1. The quantitative estimate of drug-likeness (QED) is 0.817. The number of hydrogen-bond acceptors (Lipinski definition) is 4. The van der Waals surface area contributed by atoms with E-state index in [1.54, 1.807) is 19.2 Å². The number of carbonyl (C=O) groups excluding carboxylic acids is 1. The van der Waals surface area contributed by atoms with Crippen LogP contribution in [0.2, 0.25) is 0 Å². The van der Waals surface area contributed by atoms with Crippen molar-refractivity contribution in [2.45, 2.75) is 6.61 Å². The number of benzene rings is 2. The molecule has 0 saturated heterocycles. The zero-order valence-electron chi connectivity index (χ0n) is 10.5. The van der Waals surface area contributed by atoms with Gasteiger partial charge in [0.25, 0.3) is 0 Å². The molecule has 0 unspecified atom stereocenters. The maximum Gasteiger partial charge on any atom is 0.161 e. The molecule has 0 aliphatic carbocycles. The first-order chi connectivity index (χ1) is 9.20. The Morgan fingerprint density at radius 1 is 1.05 bits per heavy atom. The number of carboxylic acid groups (broad SMARTS) is 1. The fraction of sp³-hybridized carbons (Fsp3) is 0.133. The lowest BCUT2D eigenvalue weighted by Crippen LogP contribution is -2.22. The van der Waals surface area contributed by atoms with Gasteiger partial charge in [0, 0.05) is 0 Å². The summed E-state index contributed by atoms with van der Waals surface area (Å²) in [6.45, 7) is 0.341. The largest absolute Gasteiger partial charge is 0.545 e. The summed E-state index contributed by atoms with van der Waals surface area (Å²) in [7, 11) is 1.58. The predicted octanol–water partition coefficient (Wildman–Crippen LogP) is 1.64. The minimum Gasteiger partial charge on any atom is -0.545 e. The molecule has 0 radical (unpaired) electrons. The van der Waals surface area contributed by atoms with Crippen molar-refractivity contribution in [3.8, 4) is 11.5 Å². The first kappa shape index (κ1) is 13.0. The smallest absolute Gasteiger partial charge is 0.161 e. The van der Waals surface area contributed by atoms with Gasteiger partial charge in [0.1, 0.15) is 6.61 Å². The number of carboxylic acids is 1. The van der Waals surface area contributed by atoms with Crippen LogP contribution in [-0.2, 0) is 6.61 Å². The zero-order chi connectivity index (χ0) is 13.7. The van der Waals surface area contributed by atoms with Gasteiger partial charge in [0.15, 0.2) is 11.5 Å². The molecule has 0 fully saturated rings. The molecule has 2 aromatic rings. The van der Waals surface area contributed by atoms with Crippen LogP contribution in [-0.4, -0.2) is 13.1 Å². The second kappa shape index (κ2) is 5.91. The standard InChI is InChI=1S/C15H14O4/c1-18-13-4-2-3-5-14(13)19-10-11-6-8-12(9-7-11)15(16)17/h2-9H,10H2,1H3,(H,16,17)/p-1. The molecule has 98 valence electrons. The summed E-state index contributed by atoms with van der Waals surface area (Å²) in [5, 5.41) is 10.6. The number of para-hydroxylation sites is 2. The van der Waals surface area contributed by atoms with Gasteiger partial charge in [-0.25, -0.2) is 0 Å². The highest BCUT2D eigenvalue weighted by atomic mass is 16.5. The molecule has 0 N–H and O–H groups in total. The summed E-state index contributed by atoms with van der Waals surface area (Å²) in [5.74, 6) is 0.125. The summed E-state index contributed by atoms with van der Waals surface area (Å²) in [6, 6.07) is 13.7. The van der Waals surface area contributed by atoms with E-state index in [-0.39, 0.29) is 5.56 Å². The maximum atomic E-state index is 10.6. The molecule has 19 heavy (non-hydrogen) atoms. The van der Waals surface area contributed by atoms with Crippen LogP contribution in [0, 0.1) is 0 Å². The lowest BCUT2D eigenvalue weighted by atomic mass is 10.1. The van der Waals surface area contributed by atoms with Gasteiger partial charge >= 0.3 is 0 Å². The normalized spacial score (nSPS) is 9.95. The summed E-state index contributed by atoms with van der Waals surface area (Å²) in [6.07, 6.45) is 0. The molecule has 4 heteroatoms. The van der Waals surface area contributed by atoms with Gasteiger partial charge in [-0.2, -0.15) is 0 Å². The van der Waals surface area contributed by atoms with E-state index in [2.05, 4.69) is 0 Å². The Morgan fingerprint density at radius 3 is 2.26 bits per heavy atom. The maximum absolute atomic E-state index is 10.6. The SMILES string of the molecule is COc1ccccc1OCc1ccc(C(=O)[O-])cc1. The average molecular weight is 257 g/mol. The Bertz CT molecular complexity index is 561. The van der Waals surface area contributed by atoms with E-state index >= 15 is 0 Å². The molecule has 0 bridgehead atoms. The Morgan fingerprint density at radius 2 is 1.68 bits per heavy atom. The molecule has 0 aromatic heterocycles. The van der Waals surface area contributed by atoms with Gasteiger partial charge in [-0.05, 0) is 23.3 Å². The highest BCUT2D eigenvalue weighted by Crippen LogP contribution is 2.26. The number of aromatic carboxylic acids is 1. The first-order valence-electron chi connectivity index (χ1n) is 5.77. The second-order valence-electron chi connectivity index (χ2n) is 3.92. The monoisotopic (exact) mass is 257 g/mol. The van der Waals surface area contributed by atoms with Gasteiger partial charge in [-0.1, -0.05) is 36.4 Å². The van der Waals surface area contributed by atoms with Crippen molar-refractivity contribution in [2.24, 2.45) is 0 Å². The highest BCUT2D eigenvalue weighted by molar-refractivity contribution is 5.85. The lowest BCUT2D eigenvalue weighted by molar-refractivity contribution is -0.255. The van der Waals surface area contributed by atoms with E-state index in [1.165, 1.54) is 12.1 Å². The molecule has 0 aliphatic rings. The molecule has 4 nitrogen and oxygen atoms in total. The minimum atomic E-state index is -1.18.